The molecule has 0 spiro atoms. The van der Waals surface area contributed by atoms with Crippen molar-refractivity contribution in [2.45, 2.75) is 24.7 Å². The molecule has 2 heterocycles. The van der Waals surface area contributed by atoms with Gasteiger partial charge in [-0.2, -0.15) is 0 Å². The van der Waals surface area contributed by atoms with Crippen molar-refractivity contribution in [3.63, 3.8) is 0 Å². The van der Waals surface area contributed by atoms with Crippen LogP contribution in [0, 0.1) is 10.1 Å². The molecule has 1 aromatic heterocycles. The van der Waals surface area contributed by atoms with Crippen LogP contribution in [0.4, 0.5) is 10.8 Å². The van der Waals surface area contributed by atoms with Gasteiger partial charge < -0.3 is 9.80 Å². The molecular formula is C23H27N5O5S2. The molecular weight excluding hydrogens is 490 g/mol. The summed E-state index contributed by atoms with van der Waals surface area (Å²) in [7, 11) is -2.01. The number of anilines is 1. The quantitative estimate of drug-likeness (QED) is 0.331. The van der Waals surface area contributed by atoms with Gasteiger partial charge in [0.2, 0.25) is 10.0 Å². The SMILES string of the molecule is CCCCN(C)S(=O)(=O)c1ccc(C(=O)N2CCN(c3nc4ccc([N+](=O)[O-])cc4s3)CC2)cc1. The Morgan fingerprint density at radius 2 is 1.83 bits per heavy atom. The first-order valence-electron chi connectivity index (χ1n) is 11.4. The van der Waals surface area contributed by atoms with Gasteiger partial charge in [0.05, 0.1) is 20.0 Å². The standard InChI is InChI=1S/C23H27N5O5S2/c1-3-4-11-25(2)35(32,33)19-8-5-17(6-9-19)22(29)26-12-14-27(15-13-26)23-24-20-10-7-18(28(30)31)16-21(20)34-23/h5-10,16H,3-4,11-15H2,1-2H3. The van der Waals surface area contributed by atoms with Crippen LogP contribution in [0.15, 0.2) is 47.4 Å². The maximum absolute atomic E-state index is 13.0. The van der Waals surface area contributed by atoms with Crippen LogP contribution in [0.2, 0.25) is 0 Å². The zero-order chi connectivity index (χ0) is 25.2. The largest absolute Gasteiger partial charge is 0.345 e. The second-order valence-corrected chi connectivity index (χ2v) is 11.4. The number of carbonyl (C=O) groups is 1. The molecule has 0 radical (unpaired) electrons. The van der Waals surface area contributed by atoms with Crippen LogP contribution in [-0.4, -0.2) is 73.2 Å². The maximum Gasteiger partial charge on any atom is 0.270 e. The van der Waals surface area contributed by atoms with Crippen LogP contribution >= 0.6 is 11.3 Å². The third-order valence-corrected chi connectivity index (χ3v) is 9.00. The molecule has 1 aliphatic rings. The summed E-state index contributed by atoms with van der Waals surface area (Å²) in [6.45, 7) is 4.62. The summed E-state index contributed by atoms with van der Waals surface area (Å²) in [4.78, 5) is 32.2. The van der Waals surface area contributed by atoms with Crippen molar-refractivity contribution in [2.75, 3.05) is 44.7 Å². The van der Waals surface area contributed by atoms with Gasteiger partial charge in [0.1, 0.15) is 0 Å². The summed E-state index contributed by atoms with van der Waals surface area (Å²) in [5, 5.41) is 11.8. The molecule has 3 aromatic rings. The number of unbranched alkanes of at least 4 members (excludes halogenated alkanes) is 1. The summed E-state index contributed by atoms with van der Waals surface area (Å²) >= 11 is 1.40. The second-order valence-electron chi connectivity index (χ2n) is 8.39. The number of carbonyl (C=O) groups excluding carboxylic acids is 1. The number of rotatable bonds is 8. The van der Waals surface area contributed by atoms with E-state index in [-0.39, 0.29) is 16.5 Å². The van der Waals surface area contributed by atoms with Crippen LogP contribution in [0.3, 0.4) is 0 Å². The molecule has 1 saturated heterocycles. The van der Waals surface area contributed by atoms with Crippen molar-refractivity contribution in [1.82, 2.24) is 14.2 Å². The summed E-state index contributed by atoms with van der Waals surface area (Å²) in [5.74, 6) is -0.145. The monoisotopic (exact) mass is 517 g/mol. The first kappa shape index (κ1) is 25.0. The Morgan fingerprint density at radius 3 is 2.46 bits per heavy atom. The van der Waals surface area contributed by atoms with Crippen LogP contribution in [-0.2, 0) is 10.0 Å². The maximum atomic E-state index is 13.0. The highest BCUT2D eigenvalue weighted by Crippen LogP contribution is 2.32. The van der Waals surface area contributed by atoms with E-state index in [9.17, 15) is 23.3 Å². The van der Waals surface area contributed by atoms with Crippen molar-refractivity contribution >= 4 is 48.3 Å². The minimum Gasteiger partial charge on any atom is -0.345 e. The van der Waals surface area contributed by atoms with E-state index >= 15 is 0 Å². The lowest BCUT2D eigenvalue weighted by atomic mass is 10.2. The Balaban J connectivity index is 1.39. The minimum atomic E-state index is -3.58. The van der Waals surface area contributed by atoms with Crippen molar-refractivity contribution in [3.8, 4) is 0 Å². The first-order chi connectivity index (χ1) is 16.7. The Hall–Kier alpha value is -3.09. The highest BCUT2D eigenvalue weighted by molar-refractivity contribution is 7.89. The predicted octanol–water partition coefficient (Wildman–Crippen LogP) is 3.59. The normalized spacial score (nSPS) is 14.6. The lowest BCUT2D eigenvalue weighted by Crippen LogP contribution is -2.48. The summed E-state index contributed by atoms with van der Waals surface area (Å²) in [6, 6.07) is 10.7. The summed E-state index contributed by atoms with van der Waals surface area (Å²) < 4.78 is 27.5. The zero-order valence-electron chi connectivity index (χ0n) is 19.6. The lowest BCUT2D eigenvalue weighted by molar-refractivity contribution is -0.384. The van der Waals surface area contributed by atoms with E-state index in [0.717, 1.165) is 22.7 Å². The molecule has 2 aromatic carbocycles. The van der Waals surface area contributed by atoms with E-state index in [1.165, 1.54) is 39.9 Å². The average molecular weight is 518 g/mol. The smallest absolute Gasteiger partial charge is 0.270 e. The second kappa shape index (κ2) is 10.3. The Bertz CT molecular complexity index is 1330. The van der Waals surface area contributed by atoms with Gasteiger partial charge >= 0.3 is 0 Å². The summed E-state index contributed by atoms with van der Waals surface area (Å²) in [6.07, 6.45) is 1.69. The third kappa shape index (κ3) is 5.29. The van der Waals surface area contributed by atoms with E-state index < -0.39 is 14.9 Å². The van der Waals surface area contributed by atoms with Gasteiger partial charge in [-0.25, -0.2) is 17.7 Å². The first-order valence-corrected chi connectivity index (χ1v) is 13.6. The van der Waals surface area contributed by atoms with Crippen molar-refractivity contribution < 1.29 is 18.1 Å². The number of hydrogen-bond acceptors (Lipinski definition) is 8. The fraction of sp³-hybridized carbons (Fsp3) is 0.391. The van der Waals surface area contributed by atoms with Crippen molar-refractivity contribution in [1.29, 1.82) is 0 Å². The molecule has 35 heavy (non-hydrogen) atoms. The molecule has 1 aliphatic heterocycles. The molecule has 0 unspecified atom stereocenters. The minimum absolute atomic E-state index is 0.0366. The number of aromatic nitrogens is 1. The molecule has 12 heteroatoms. The number of thiazole rings is 1. The molecule has 0 bridgehead atoms. The van der Waals surface area contributed by atoms with E-state index in [0.29, 0.717) is 43.8 Å². The van der Waals surface area contributed by atoms with Crippen LogP contribution in [0.1, 0.15) is 30.1 Å². The molecule has 0 aliphatic carbocycles. The lowest BCUT2D eigenvalue weighted by Gasteiger charge is -2.34. The van der Waals surface area contributed by atoms with Gasteiger partial charge in [-0.15, -0.1) is 0 Å². The Morgan fingerprint density at radius 1 is 1.14 bits per heavy atom. The number of non-ortho nitro benzene ring substituents is 1. The van der Waals surface area contributed by atoms with Gasteiger partial charge in [-0.3, -0.25) is 14.9 Å². The number of amides is 1. The van der Waals surface area contributed by atoms with E-state index in [4.69, 9.17) is 0 Å². The molecule has 1 amide bonds. The number of nitro benzene ring substituents is 1. The van der Waals surface area contributed by atoms with Crippen LogP contribution < -0.4 is 4.90 Å². The van der Waals surface area contributed by atoms with E-state index in [1.807, 2.05) is 6.92 Å². The molecule has 0 atom stereocenters. The Labute approximate surface area is 208 Å². The van der Waals surface area contributed by atoms with Gasteiger partial charge in [0, 0.05) is 57.5 Å². The van der Waals surface area contributed by atoms with Gasteiger partial charge in [-0.05, 0) is 36.8 Å². The van der Waals surface area contributed by atoms with E-state index in [2.05, 4.69) is 9.88 Å². The Kier molecular flexibility index (Phi) is 7.33. The average Bonchev–Trinajstić information content (AvgIpc) is 3.30. The number of benzene rings is 2. The number of nitrogens with zero attached hydrogens (tertiary/aromatic N) is 5. The molecule has 1 fully saturated rings. The molecule has 0 saturated carbocycles. The fourth-order valence-corrected chi connectivity index (χ4v) is 6.14. The number of fused-ring (bicyclic) bond motifs is 1. The molecule has 0 N–H and O–H groups in total. The predicted molar refractivity (Wildman–Crippen MR) is 136 cm³/mol. The highest BCUT2D eigenvalue weighted by Gasteiger charge is 2.25. The third-order valence-electron chi connectivity index (χ3n) is 6.04. The van der Waals surface area contributed by atoms with E-state index in [1.54, 1.807) is 30.1 Å². The van der Waals surface area contributed by atoms with Crippen molar-refractivity contribution in [2.24, 2.45) is 0 Å². The van der Waals surface area contributed by atoms with Gasteiger partial charge in [0.25, 0.3) is 11.6 Å². The van der Waals surface area contributed by atoms with Crippen molar-refractivity contribution in [3.05, 3.63) is 58.1 Å². The zero-order valence-corrected chi connectivity index (χ0v) is 21.2. The number of sulfonamides is 1. The number of hydrogen-bond donors (Lipinski definition) is 0. The number of nitro groups is 1. The van der Waals surface area contributed by atoms with Gasteiger partial charge in [0.15, 0.2) is 5.13 Å². The van der Waals surface area contributed by atoms with Crippen LogP contribution in [0.5, 0.6) is 0 Å². The number of piperazine rings is 1. The topological polar surface area (TPSA) is 117 Å². The molecule has 4 rings (SSSR count). The fourth-order valence-electron chi connectivity index (χ4n) is 3.88. The highest BCUT2D eigenvalue weighted by atomic mass is 32.2. The molecule has 186 valence electrons. The van der Waals surface area contributed by atoms with Crippen LogP contribution in [0.25, 0.3) is 10.2 Å². The molecule has 10 nitrogen and oxygen atoms in total. The van der Waals surface area contributed by atoms with Gasteiger partial charge in [-0.1, -0.05) is 24.7 Å². The summed E-state index contributed by atoms with van der Waals surface area (Å²) in [5.41, 5.74) is 1.19.